The molecule has 0 bridgehead atoms. The number of ether oxygens (including phenoxy) is 1. The average Bonchev–Trinajstić information content (AvgIpc) is 2.54. The lowest BCUT2D eigenvalue weighted by molar-refractivity contribution is 0.114. The fourth-order valence-corrected chi connectivity index (χ4v) is 1.71. The third kappa shape index (κ3) is 2.66. The number of nitrogens with zero attached hydrogens (tertiary/aromatic N) is 1. The van der Waals surface area contributed by atoms with Gasteiger partial charge in [-0.15, -0.1) is 0 Å². The molecule has 1 aliphatic heterocycles. The molecule has 13 heavy (non-hydrogen) atoms. The summed E-state index contributed by atoms with van der Waals surface area (Å²) < 4.78 is 5.43. The first-order valence-electron chi connectivity index (χ1n) is 5.08. The maximum Gasteiger partial charge on any atom is 0.0547 e. The highest BCUT2D eigenvalue weighted by molar-refractivity contribution is 4.87. The van der Waals surface area contributed by atoms with Gasteiger partial charge in [-0.2, -0.15) is 0 Å². The molecule has 0 saturated carbocycles. The van der Waals surface area contributed by atoms with Crippen LogP contribution in [0.25, 0.3) is 0 Å². The van der Waals surface area contributed by atoms with Gasteiger partial charge in [0, 0.05) is 31.2 Å². The Morgan fingerprint density at radius 2 is 2.23 bits per heavy atom. The van der Waals surface area contributed by atoms with Crippen molar-refractivity contribution < 1.29 is 4.74 Å². The SMILES string of the molecule is CC(C)N(C)CC1(CN)CCOC1. The molecule has 0 aromatic rings. The monoisotopic (exact) mass is 186 g/mol. The van der Waals surface area contributed by atoms with E-state index in [2.05, 4.69) is 25.8 Å². The number of rotatable bonds is 4. The molecule has 2 N–H and O–H groups in total. The average molecular weight is 186 g/mol. The normalized spacial score (nSPS) is 29.1. The number of nitrogens with two attached hydrogens (primary N) is 1. The van der Waals surface area contributed by atoms with Gasteiger partial charge in [-0.25, -0.2) is 0 Å². The topological polar surface area (TPSA) is 38.5 Å². The van der Waals surface area contributed by atoms with E-state index in [1.165, 1.54) is 0 Å². The molecule has 1 aliphatic rings. The third-order valence-electron chi connectivity index (χ3n) is 3.08. The summed E-state index contributed by atoms with van der Waals surface area (Å²) in [5.74, 6) is 0. The van der Waals surface area contributed by atoms with E-state index in [0.29, 0.717) is 6.04 Å². The van der Waals surface area contributed by atoms with Crippen LogP contribution >= 0.6 is 0 Å². The molecule has 0 spiro atoms. The molecule has 1 fully saturated rings. The maximum atomic E-state index is 5.81. The highest BCUT2D eigenvalue weighted by atomic mass is 16.5. The molecule has 3 heteroatoms. The van der Waals surface area contributed by atoms with E-state index < -0.39 is 0 Å². The minimum atomic E-state index is 0.221. The maximum absolute atomic E-state index is 5.81. The molecule has 1 rings (SSSR count). The van der Waals surface area contributed by atoms with Crippen LogP contribution in [-0.2, 0) is 4.74 Å². The Bertz CT molecular complexity index is 153. The van der Waals surface area contributed by atoms with Gasteiger partial charge in [0.1, 0.15) is 0 Å². The zero-order valence-electron chi connectivity index (χ0n) is 9.05. The van der Waals surface area contributed by atoms with Crippen LogP contribution in [0.5, 0.6) is 0 Å². The molecule has 0 aromatic carbocycles. The minimum absolute atomic E-state index is 0.221. The van der Waals surface area contributed by atoms with Gasteiger partial charge in [-0.05, 0) is 27.3 Å². The molecule has 0 radical (unpaired) electrons. The minimum Gasteiger partial charge on any atom is -0.381 e. The fraction of sp³-hybridized carbons (Fsp3) is 1.00. The summed E-state index contributed by atoms with van der Waals surface area (Å²) in [5, 5.41) is 0. The molecule has 0 aromatic heterocycles. The van der Waals surface area contributed by atoms with Gasteiger partial charge >= 0.3 is 0 Å². The second kappa shape index (κ2) is 4.40. The first kappa shape index (κ1) is 11.0. The van der Waals surface area contributed by atoms with Gasteiger partial charge < -0.3 is 15.4 Å². The van der Waals surface area contributed by atoms with Gasteiger partial charge in [0.25, 0.3) is 0 Å². The summed E-state index contributed by atoms with van der Waals surface area (Å²) >= 11 is 0. The van der Waals surface area contributed by atoms with Gasteiger partial charge in [-0.1, -0.05) is 0 Å². The quantitative estimate of drug-likeness (QED) is 0.702. The van der Waals surface area contributed by atoms with E-state index in [1.807, 2.05) is 0 Å². The molecule has 1 saturated heterocycles. The second-order valence-corrected chi connectivity index (χ2v) is 4.52. The predicted molar refractivity (Wildman–Crippen MR) is 54.7 cm³/mol. The summed E-state index contributed by atoms with van der Waals surface area (Å²) in [5.41, 5.74) is 6.03. The molecule has 3 nitrogen and oxygen atoms in total. The smallest absolute Gasteiger partial charge is 0.0547 e. The van der Waals surface area contributed by atoms with Crippen molar-refractivity contribution in [3.05, 3.63) is 0 Å². The Morgan fingerprint density at radius 1 is 1.54 bits per heavy atom. The molecular weight excluding hydrogens is 164 g/mol. The van der Waals surface area contributed by atoms with Crippen LogP contribution in [0.3, 0.4) is 0 Å². The summed E-state index contributed by atoms with van der Waals surface area (Å²) in [6, 6.07) is 0.587. The van der Waals surface area contributed by atoms with E-state index >= 15 is 0 Å². The van der Waals surface area contributed by atoms with Crippen LogP contribution in [0, 0.1) is 5.41 Å². The molecule has 0 amide bonds. The summed E-state index contributed by atoms with van der Waals surface area (Å²) in [6.07, 6.45) is 1.11. The molecule has 1 heterocycles. The number of hydrogen-bond acceptors (Lipinski definition) is 3. The fourth-order valence-electron chi connectivity index (χ4n) is 1.71. The molecule has 1 unspecified atom stereocenters. The lowest BCUT2D eigenvalue weighted by Gasteiger charge is -2.33. The third-order valence-corrected chi connectivity index (χ3v) is 3.08. The zero-order chi connectivity index (χ0) is 9.90. The van der Waals surface area contributed by atoms with Crippen LogP contribution in [-0.4, -0.2) is 44.3 Å². The van der Waals surface area contributed by atoms with Crippen molar-refractivity contribution in [3.63, 3.8) is 0 Å². The van der Waals surface area contributed by atoms with E-state index in [-0.39, 0.29) is 5.41 Å². The van der Waals surface area contributed by atoms with Crippen LogP contribution in [0.15, 0.2) is 0 Å². The second-order valence-electron chi connectivity index (χ2n) is 4.52. The molecular formula is C10H22N2O. The van der Waals surface area contributed by atoms with Gasteiger partial charge in [0.15, 0.2) is 0 Å². The van der Waals surface area contributed by atoms with Crippen molar-refractivity contribution in [2.75, 3.05) is 33.4 Å². The Hall–Kier alpha value is -0.120. The van der Waals surface area contributed by atoms with Crippen molar-refractivity contribution in [1.82, 2.24) is 4.90 Å². The van der Waals surface area contributed by atoms with E-state index in [0.717, 1.165) is 32.7 Å². The first-order chi connectivity index (χ1) is 6.09. The van der Waals surface area contributed by atoms with Gasteiger partial charge in [-0.3, -0.25) is 0 Å². The van der Waals surface area contributed by atoms with Crippen molar-refractivity contribution >= 4 is 0 Å². The standard InChI is InChI=1S/C10H22N2O/c1-9(2)12(3)7-10(6-11)4-5-13-8-10/h9H,4-8,11H2,1-3H3. The Morgan fingerprint density at radius 3 is 2.62 bits per heavy atom. The summed E-state index contributed by atoms with van der Waals surface area (Å²) in [4.78, 5) is 2.35. The first-order valence-corrected chi connectivity index (χ1v) is 5.08. The lowest BCUT2D eigenvalue weighted by atomic mass is 9.86. The largest absolute Gasteiger partial charge is 0.381 e. The van der Waals surface area contributed by atoms with Gasteiger partial charge in [0.05, 0.1) is 6.61 Å². The van der Waals surface area contributed by atoms with Crippen LogP contribution in [0.1, 0.15) is 20.3 Å². The summed E-state index contributed by atoms with van der Waals surface area (Å²) in [7, 11) is 2.15. The lowest BCUT2D eigenvalue weighted by Crippen LogP contribution is -2.43. The van der Waals surface area contributed by atoms with Crippen molar-refractivity contribution in [2.24, 2.45) is 11.1 Å². The molecule has 78 valence electrons. The zero-order valence-corrected chi connectivity index (χ0v) is 9.05. The van der Waals surface area contributed by atoms with Crippen LogP contribution in [0.2, 0.25) is 0 Å². The van der Waals surface area contributed by atoms with Crippen molar-refractivity contribution in [2.45, 2.75) is 26.3 Å². The molecule has 0 aliphatic carbocycles. The van der Waals surface area contributed by atoms with E-state index in [9.17, 15) is 0 Å². The van der Waals surface area contributed by atoms with Crippen molar-refractivity contribution in [3.8, 4) is 0 Å². The van der Waals surface area contributed by atoms with E-state index in [1.54, 1.807) is 0 Å². The number of hydrogen-bond donors (Lipinski definition) is 1. The predicted octanol–water partition coefficient (Wildman–Crippen LogP) is 0.692. The Kier molecular flexibility index (Phi) is 3.71. The highest BCUT2D eigenvalue weighted by Gasteiger charge is 2.34. The summed E-state index contributed by atoms with van der Waals surface area (Å²) in [6.45, 7) is 7.93. The van der Waals surface area contributed by atoms with E-state index in [4.69, 9.17) is 10.5 Å². The van der Waals surface area contributed by atoms with Crippen LogP contribution in [0.4, 0.5) is 0 Å². The Balaban J connectivity index is 2.48. The molecule has 1 atom stereocenters. The van der Waals surface area contributed by atoms with Crippen molar-refractivity contribution in [1.29, 1.82) is 0 Å². The van der Waals surface area contributed by atoms with Gasteiger partial charge in [0.2, 0.25) is 0 Å². The Labute approximate surface area is 81.2 Å². The highest BCUT2D eigenvalue weighted by Crippen LogP contribution is 2.28. The van der Waals surface area contributed by atoms with Crippen LogP contribution < -0.4 is 5.73 Å².